The first-order valence-electron chi connectivity index (χ1n) is 9.16. The standard InChI is InChI=1S/C20H27N5O3/c1-5-12(2)17(22-20(21)28)19(27)24-23-18(26)15-8-10-16(11-9-15)25-13(3)6-7-14(25)4/h6-12,17H,5H2,1-4H3,(H,23,26)(H,24,27)(H3,21,22,28)/t12-,17-/m1/s1. The van der Waals surface area contributed by atoms with E-state index in [2.05, 4.69) is 20.7 Å². The zero-order chi connectivity index (χ0) is 20.8. The minimum atomic E-state index is -0.829. The number of hydrogen-bond donors (Lipinski definition) is 4. The summed E-state index contributed by atoms with van der Waals surface area (Å²) in [5, 5.41) is 2.40. The molecule has 0 saturated carbocycles. The molecule has 0 aliphatic rings. The molecule has 0 radical (unpaired) electrons. The predicted octanol–water partition coefficient (Wildman–Crippen LogP) is 1.94. The molecule has 8 heteroatoms. The molecule has 0 aliphatic heterocycles. The van der Waals surface area contributed by atoms with Gasteiger partial charge in [0.25, 0.3) is 11.8 Å². The lowest BCUT2D eigenvalue weighted by Gasteiger charge is -2.22. The predicted molar refractivity (Wildman–Crippen MR) is 107 cm³/mol. The van der Waals surface area contributed by atoms with Crippen molar-refractivity contribution < 1.29 is 14.4 Å². The van der Waals surface area contributed by atoms with E-state index >= 15 is 0 Å². The maximum absolute atomic E-state index is 12.3. The van der Waals surface area contributed by atoms with Crippen molar-refractivity contribution >= 4 is 17.8 Å². The SMILES string of the molecule is CC[C@@H](C)[C@@H](NC(N)=O)C(=O)NNC(=O)c1ccc(-n2c(C)ccc2C)cc1. The summed E-state index contributed by atoms with van der Waals surface area (Å²) in [5.41, 5.74) is 13.4. The number of benzene rings is 1. The van der Waals surface area contributed by atoms with Gasteiger partial charge >= 0.3 is 6.03 Å². The van der Waals surface area contributed by atoms with E-state index in [-0.39, 0.29) is 5.92 Å². The second-order valence-corrected chi connectivity index (χ2v) is 6.81. The Morgan fingerprint density at radius 3 is 2.07 bits per heavy atom. The Balaban J connectivity index is 2.02. The van der Waals surface area contributed by atoms with Crippen LogP contribution in [0.4, 0.5) is 4.79 Å². The van der Waals surface area contributed by atoms with Crippen molar-refractivity contribution in [3.05, 3.63) is 53.3 Å². The van der Waals surface area contributed by atoms with Gasteiger partial charge in [0, 0.05) is 22.6 Å². The number of primary amides is 1. The Hall–Kier alpha value is -3.29. The minimum absolute atomic E-state index is 0.142. The van der Waals surface area contributed by atoms with E-state index in [1.165, 1.54) is 0 Å². The smallest absolute Gasteiger partial charge is 0.312 e. The number of hydrogen-bond acceptors (Lipinski definition) is 3. The molecule has 2 aromatic rings. The monoisotopic (exact) mass is 385 g/mol. The van der Waals surface area contributed by atoms with Crippen LogP contribution in [0.2, 0.25) is 0 Å². The lowest BCUT2D eigenvalue weighted by atomic mass is 9.99. The minimum Gasteiger partial charge on any atom is -0.352 e. The Morgan fingerprint density at radius 2 is 1.57 bits per heavy atom. The second-order valence-electron chi connectivity index (χ2n) is 6.81. The molecule has 0 unspecified atom stereocenters. The Labute approximate surface area is 164 Å². The van der Waals surface area contributed by atoms with Gasteiger partial charge in [0.1, 0.15) is 6.04 Å². The van der Waals surface area contributed by atoms with Crippen LogP contribution in [0, 0.1) is 19.8 Å². The number of nitrogens with one attached hydrogen (secondary N) is 3. The molecule has 0 saturated heterocycles. The van der Waals surface area contributed by atoms with Gasteiger partial charge in [-0.05, 0) is 56.2 Å². The van der Waals surface area contributed by atoms with Crippen LogP contribution < -0.4 is 21.9 Å². The van der Waals surface area contributed by atoms with E-state index < -0.39 is 23.9 Å². The van der Waals surface area contributed by atoms with Crippen LogP contribution in [0.25, 0.3) is 5.69 Å². The van der Waals surface area contributed by atoms with Crippen LogP contribution in [0.1, 0.15) is 42.0 Å². The van der Waals surface area contributed by atoms with Crippen LogP contribution in [-0.2, 0) is 4.79 Å². The summed E-state index contributed by atoms with van der Waals surface area (Å²) in [4.78, 5) is 35.7. The number of hydrazine groups is 1. The number of rotatable bonds is 6. The normalized spacial score (nSPS) is 12.7. The Kier molecular flexibility index (Phi) is 6.81. The fourth-order valence-corrected chi connectivity index (χ4v) is 2.96. The molecule has 8 nitrogen and oxygen atoms in total. The summed E-state index contributed by atoms with van der Waals surface area (Å²) in [7, 11) is 0. The molecule has 0 aliphatic carbocycles. The highest BCUT2D eigenvalue weighted by atomic mass is 16.2. The van der Waals surface area contributed by atoms with Crippen LogP contribution in [0.15, 0.2) is 36.4 Å². The Morgan fingerprint density at radius 1 is 1.00 bits per heavy atom. The third kappa shape index (κ3) is 4.91. The lowest BCUT2D eigenvalue weighted by Crippen LogP contribution is -2.55. The molecular weight excluding hydrogens is 358 g/mol. The van der Waals surface area contributed by atoms with Crippen LogP contribution >= 0.6 is 0 Å². The molecule has 4 amide bonds. The molecule has 1 aromatic carbocycles. The zero-order valence-electron chi connectivity index (χ0n) is 16.6. The van der Waals surface area contributed by atoms with Crippen molar-refractivity contribution in [3.8, 4) is 5.69 Å². The van der Waals surface area contributed by atoms with Gasteiger partial charge in [0.15, 0.2) is 0 Å². The number of aromatic nitrogens is 1. The summed E-state index contributed by atoms with van der Waals surface area (Å²) < 4.78 is 2.08. The summed E-state index contributed by atoms with van der Waals surface area (Å²) >= 11 is 0. The van der Waals surface area contributed by atoms with Crippen molar-refractivity contribution in [1.29, 1.82) is 0 Å². The van der Waals surface area contributed by atoms with Gasteiger partial charge in [0.05, 0.1) is 0 Å². The lowest BCUT2D eigenvalue weighted by molar-refractivity contribution is -0.124. The van der Waals surface area contributed by atoms with Gasteiger partial charge in [-0.3, -0.25) is 20.4 Å². The fraction of sp³-hybridized carbons (Fsp3) is 0.350. The molecule has 2 atom stereocenters. The maximum atomic E-state index is 12.3. The van der Waals surface area contributed by atoms with E-state index in [0.717, 1.165) is 17.1 Å². The number of carbonyl (C=O) groups is 3. The quantitative estimate of drug-likeness (QED) is 0.569. The highest BCUT2D eigenvalue weighted by molar-refractivity contribution is 5.96. The molecule has 150 valence electrons. The number of nitrogens with zero attached hydrogens (tertiary/aromatic N) is 1. The molecule has 1 aromatic heterocycles. The number of carbonyl (C=O) groups excluding carboxylic acids is 3. The largest absolute Gasteiger partial charge is 0.352 e. The first kappa shape index (κ1) is 21.0. The van der Waals surface area contributed by atoms with Crippen LogP contribution in [-0.4, -0.2) is 28.5 Å². The molecule has 5 N–H and O–H groups in total. The highest BCUT2D eigenvalue weighted by Crippen LogP contribution is 2.16. The summed E-state index contributed by atoms with van der Waals surface area (Å²) in [6.45, 7) is 7.72. The van der Waals surface area contributed by atoms with Gasteiger partial charge < -0.3 is 15.6 Å². The third-order valence-corrected chi connectivity index (χ3v) is 4.75. The first-order valence-corrected chi connectivity index (χ1v) is 9.16. The average molecular weight is 385 g/mol. The molecule has 2 rings (SSSR count). The van der Waals surface area contributed by atoms with E-state index in [0.29, 0.717) is 12.0 Å². The van der Waals surface area contributed by atoms with E-state index in [1.807, 2.05) is 52.0 Å². The summed E-state index contributed by atoms with van der Waals surface area (Å²) in [6.07, 6.45) is 0.659. The van der Waals surface area contributed by atoms with Gasteiger partial charge in [-0.25, -0.2) is 4.79 Å². The van der Waals surface area contributed by atoms with Crippen molar-refractivity contribution in [2.45, 2.75) is 40.2 Å². The molecular formula is C20H27N5O3. The van der Waals surface area contributed by atoms with Crippen LogP contribution in [0.5, 0.6) is 0 Å². The summed E-state index contributed by atoms with van der Waals surface area (Å²) in [6, 6.07) is 9.48. The van der Waals surface area contributed by atoms with Crippen molar-refractivity contribution in [2.75, 3.05) is 0 Å². The van der Waals surface area contributed by atoms with Crippen molar-refractivity contribution in [2.24, 2.45) is 11.7 Å². The van der Waals surface area contributed by atoms with Gasteiger partial charge in [-0.2, -0.15) is 0 Å². The van der Waals surface area contributed by atoms with Gasteiger partial charge in [-0.1, -0.05) is 20.3 Å². The highest BCUT2D eigenvalue weighted by Gasteiger charge is 2.25. The molecule has 0 fully saturated rings. The van der Waals surface area contributed by atoms with Gasteiger partial charge in [0.2, 0.25) is 0 Å². The average Bonchev–Trinajstić information content (AvgIpc) is 3.01. The number of amides is 4. The van der Waals surface area contributed by atoms with E-state index in [9.17, 15) is 14.4 Å². The maximum Gasteiger partial charge on any atom is 0.312 e. The van der Waals surface area contributed by atoms with E-state index in [1.54, 1.807) is 12.1 Å². The second kappa shape index (κ2) is 9.07. The number of aryl methyl sites for hydroxylation is 2. The topological polar surface area (TPSA) is 118 Å². The molecule has 1 heterocycles. The Bertz CT molecular complexity index is 838. The van der Waals surface area contributed by atoms with E-state index in [4.69, 9.17) is 5.73 Å². The molecule has 0 spiro atoms. The van der Waals surface area contributed by atoms with Gasteiger partial charge in [-0.15, -0.1) is 0 Å². The summed E-state index contributed by atoms with van der Waals surface area (Å²) in [5.74, 6) is -1.13. The number of urea groups is 1. The first-order chi connectivity index (χ1) is 13.2. The zero-order valence-corrected chi connectivity index (χ0v) is 16.6. The third-order valence-electron chi connectivity index (χ3n) is 4.75. The molecule has 0 bridgehead atoms. The van der Waals surface area contributed by atoms with Crippen LogP contribution in [0.3, 0.4) is 0 Å². The molecule has 28 heavy (non-hydrogen) atoms. The number of nitrogens with two attached hydrogens (primary N) is 1. The van der Waals surface area contributed by atoms with Crippen molar-refractivity contribution in [3.63, 3.8) is 0 Å². The van der Waals surface area contributed by atoms with Crippen molar-refractivity contribution in [1.82, 2.24) is 20.7 Å². The fourth-order valence-electron chi connectivity index (χ4n) is 2.96.